The van der Waals surface area contributed by atoms with E-state index in [1.165, 1.54) is 23.9 Å². The highest BCUT2D eigenvalue weighted by Gasteiger charge is 2.29. The first-order valence-corrected chi connectivity index (χ1v) is 9.64. The maximum atomic E-state index is 13.9. The topological polar surface area (TPSA) is 24.8 Å². The van der Waals surface area contributed by atoms with Crippen LogP contribution in [0.5, 0.6) is 11.5 Å². The highest BCUT2D eigenvalue weighted by atomic mass is 32.2. The van der Waals surface area contributed by atoms with Crippen LogP contribution in [0.25, 0.3) is 0 Å². The lowest BCUT2D eigenvalue weighted by Gasteiger charge is -2.37. The Morgan fingerprint density at radius 2 is 2.00 bits per heavy atom. The van der Waals surface area contributed by atoms with Gasteiger partial charge in [-0.3, -0.25) is 0 Å². The van der Waals surface area contributed by atoms with E-state index in [2.05, 4.69) is 17.0 Å². The summed E-state index contributed by atoms with van der Waals surface area (Å²) >= 11 is 1.67. The van der Waals surface area contributed by atoms with Crippen LogP contribution >= 0.6 is 11.9 Å². The molecule has 25 heavy (non-hydrogen) atoms. The van der Waals surface area contributed by atoms with Crippen molar-refractivity contribution in [1.82, 2.24) is 4.90 Å². The van der Waals surface area contributed by atoms with Gasteiger partial charge in [0.1, 0.15) is 11.6 Å². The van der Waals surface area contributed by atoms with Gasteiger partial charge in [0.25, 0.3) is 0 Å². The molecule has 2 aromatic rings. The molecule has 0 saturated carbocycles. The van der Waals surface area contributed by atoms with Gasteiger partial charge >= 0.3 is 0 Å². The van der Waals surface area contributed by atoms with Crippen LogP contribution in [0.2, 0.25) is 0 Å². The second-order valence-corrected chi connectivity index (χ2v) is 7.42. The molecule has 0 aliphatic carbocycles. The van der Waals surface area contributed by atoms with Gasteiger partial charge in [-0.05, 0) is 67.1 Å². The van der Waals surface area contributed by atoms with Gasteiger partial charge in [0.05, 0.1) is 0 Å². The van der Waals surface area contributed by atoms with Crippen LogP contribution in [0.3, 0.4) is 0 Å². The summed E-state index contributed by atoms with van der Waals surface area (Å²) in [5.74, 6) is 3.22. The number of nitrogens with zero attached hydrogens (tertiary/aromatic N) is 2. The van der Waals surface area contributed by atoms with Crippen molar-refractivity contribution in [1.29, 1.82) is 0 Å². The number of rotatable bonds is 3. The molecule has 2 aliphatic rings. The Kier molecular flexibility index (Phi) is 4.66. The molecule has 0 bridgehead atoms. The summed E-state index contributed by atoms with van der Waals surface area (Å²) in [6.45, 7) is 4.07. The number of amidine groups is 1. The van der Waals surface area contributed by atoms with E-state index in [4.69, 9.17) is 9.13 Å². The molecule has 3 nitrogen and oxygen atoms in total. The summed E-state index contributed by atoms with van der Waals surface area (Å²) in [6, 6.07) is 13.0. The fraction of sp³-hybridized carbons (Fsp3) is 0.350. The molecule has 0 N–H and O–H groups in total. The number of piperidine rings is 1. The summed E-state index contributed by atoms with van der Waals surface area (Å²) in [5, 5.41) is 0. The molecule has 0 aromatic heterocycles. The molecule has 1 saturated heterocycles. The molecular weight excluding hydrogens is 335 g/mol. The molecule has 2 aromatic carbocycles. The fourth-order valence-corrected chi connectivity index (χ4v) is 4.23. The van der Waals surface area contributed by atoms with Crippen molar-refractivity contribution in [2.24, 2.45) is 4.40 Å². The third-order valence-electron chi connectivity index (χ3n) is 4.76. The molecule has 2 heterocycles. The van der Waals surface area contributed by atoms with E-state index in [1.54, 1.807) is 18.0 Å². The largest absolute Gasteiger partial charge is 0.454 e. The van der Waals surface area contributed by atoms with Crippen LogP contribution in [0, 0.1) is 12.7 Å². The molecule has 0 unspecified atom stereocenters. The molecule has 0 radical (unpaired) electrons. The van der Waals surface area contributed by atoms with E-state index >= 15 is 0 Å². The Labute approximate surface area is 152 Å². The van der Waals surface area contributed by atoms with Crippen molar-refractivity contribution in [2.45, 2.75) is 25.7 Å². The summed E-state index contributed by atoms with van der Waals surface area (Å²) in [7, 11) is 0. The molecule has 2 aliphatic heterocycles. The lowest BCUT2D eigenvalue weighted by atomic mass is 9.89. The molecule has 0 spiro atoms. The minimum absolute atomic E-state index is 0.259. The summed E-state index contributed by atoms with van der Waals surface area (Å²) in [6.07, 6.45) is 2.32. The molecule has 1 atom stereocenters. The molecule has 5 heteroatoms. The van der Waals surface area contributed by atoms with Crippen molar-refractivity contribution in [3.05, 3.63) is 59.4 Å². The van der Waals surface area contributed by atoms with Crippen molar-refractivity contribution in [3.63, 3.8) is 0 Å². The van der Waals surface area contributed by atoms with Crippen molar-refractivity contribution in [2.75, 3.05) is 18.8 Å². The Morgan fingerprint density at radius 1 is 1.16 bits per heavy atom. The lowest BCUT2D eigenvalue weighted by Crippen LogP contribution is -2.42. The second kappa shape index (κ2) is 7.08. The van der Waals surface area contributed by atoms with E-state index < -0.39 is 0 Å². The van der Waals surface area contributed by atoms with Crippen molar-refractivity contribution in [3.8, 4) is 11.5 Å². The van der Waals surface area contributed by atoms with E-state index in [0.717, 1.165) is 30.8 Å². The first kappa shape index (κ1) is 16.5. The molecular formula is C20H21FN2OS. The molecule has 130 valence electrons. The normalized spacial score (nSPS) is 20.0. The summed E-state index contributed by atoms with van der Waals surface area (Å²) in [4.78, 5) is 2.41. The predicted molar refractivity (Wildman–Crippen MR) is 101 cm³/mol. The van der Waals surface area contributed by atoms with Gasteiger partial charge in [0.15, 0.2) is 11.6 Å². The van der Waals surface area contributed by atoms with Crippen molar-refractivity contribution >= 4 is 17.8 Å². The zero-order valence-corrected chi connectivity index (χ0v) is 15.1. The number of hydrogen-bond acceptors (Lipinski definition) is 4. The third kappa shape index (κ3) is 3.52. The molecule has 0 amide bonds. The van der Waals surface area contributed by atoms with E-state index in [9.17, 15) is 4.39 Å². The standard InChI is InChI=1S/C20H21FN2OS/c1-14-4-9-19(18(21)13-14)24-16-7-5-15(6-8-16)17-3-2-10-23-11-12-25-22-20(17)23/h4-9,13,17H,2-3,10-12H2,1H3/t17-/m0/s1. The van der Waals surface area contributed by atoms with Gasteiger partial charge < -0.3 is 9.64 Å². The maximum Gasteiger partial charge on any atom is 0.165 e. The van der Waals surface area contributed by atoms with Gasteiger partial charge in [0.2, 0.25) is 0 Å². The van der Waals surface area contributed by atoms with E-state index in [0.29, 0.717) is 11.7 Å². The van der Waals surface area contributed by atoms with Crippen LogP contribution in [0.4, 0.5) is 4.39 Å². The van der Waals surface area contributed by atoms with Gasteiger partial charge in [-0.1, -0.05) is 18.2 Å². The van der Waals surface area contributed by atoms with Gasteiger partial charge in [-0.2, -0.15) is 0 Å². The molecule has 4 rings (SSSR count). The average molecular weight is 356 g/mol. The monoisotopic (exact) mass is 356 g/mol. The van der Waals surface area contributed by atoms with E-state index in [1.807, 2.05) is 25.1 Å². The second-order valence-electron chi connectivity index (χ2n) is 6.57. The van der Waals surface area contributed by atoms with Crippen LogP contribution < -0.4 is 4.74 Å². The highest BCUT2D eigenvalue weighted by Crippen LogP contribution is 2.34. The number of aryl methyl sites for hydroxylation is 1. The maximum absolute atomic E-state index is 13.9. The van der Waals surface area contributed by atoms with Crippen LogP contribution in [0.1, 0.15) is 29.9 Å². The number of benzene rings is 2. The van der Waals surface area contributed by atoms with E-state index in [-0.39, 0.29) is 11.6 Å². The van der Waals surface area contributed by atoms with Gasteiger partial charge in [0, 0.05) is 24.8 Å². The van der Waals surface area contributed by atoms with Crippen molar-refractivity contribution < 1.29 is 9.13 Å². The Bertz CT molecular complexity index is 791. The highest BCUT2D eigenvalue weighted by molar-refractivity contribution is 7.98. The zero-order chi connectivity index (χ0) is 17.2. The van der Waals surface area contributed by atoms with Gasteiger partial charge in [-0.15, -0.1) is 0 Å². The molecule has 1 fully saturated rings. The Morgan fingerprint density at radius 3 is 2.80 bits per heavy atom. The number of fused-ring (bicyclic) bond motifs is 1. The number of hydrogen-bond donors (Lipinski definition) is 0. The van der Waals surface area contributed by atoms with Gasteiger partial charge in [-0.25, -0.2) is 8.79 Å². The first-order chi connectivity index (χ1) is 12.2. The summed E-state index contributed by atoms with van der Waals surface area (Å²) < 4.78 is 24.3. The van der Waals surface area contributed by atoms with Crippen LogP contribution in [-0.2, 0) is 0 Å². The smallest absolute Gasteiger partial charge is 0.165 e. The predicted octanol–water partition coefficient (Wildman–Crippen LogP) is 5.17. The number of ether oxygens (including phenoxy) is 1. The first-order valence-electron chi connectivity index (χ1n) is 8.69. The fourth-order valence-electron chi connectivity index (χ4n) is 3.46. The van der Waals surface area contributed by atoms with Crippen LogP contribution in [-0.4, -0.2) is 29.6 Å². The Hall–Kier alpha value is -2.01. The SMILES string of the molecule is Cc1ccc(Oc2ccc([C@@H]3CCCN4CCSN=C34)cc2)c(F)c1. The zero-order valence-electron chi connectivity index (χ0n) is 14.2. The minimum atomic E-state index is -0.333. The third-order valence-corrected chi connectivity index (χ3v) is 5.45. The number of halogens is 1. The average Bonchev–Trinajstić information content (AvgIpc) is 2.64. The minimum Gasteiger partial charge on any atom is -0.454 e. The summed E-state index contributed by atoms with van der Waals surface area (Å²) in [5.41, 5.74) is 2.14. The quantitative estimate of drug-likeness (QED) is 0.710. The Balaban J connectivity index is 1.52. The lowest BCUT2D eigenvalue weighted by molar-refractivity contribution is 0.371. The van der Waals surface area contributed by atoms with Crippen LogP contribution in [0.15, 0.2) is 46.9 Å².